The molecule has 0 bridgehead atoms. The molecule has 2 nitrogen and oxygen atoms in total. The van der Waals surface area contributed by atoms with Crippen molar-refractivity contribution in [2.24, 2.45) is 0 Å². The highest BCUT2D eigenvalue weighted by atomic mass is 15.2. The summed E-state index contributed by atoms with van der Waals surface area (Å²) in [5.74, 6) is 0. The van der Waals surface area contributed by atoms with Gasteiger partial charge in [-0.1, -0.05) is 24.3 Å². The van der Waals surface area contributed by atoms with Crippen molar-refractivity contribution in [3.8, 4) is 0 Å². The predicted octanol–water partition coefficient (Wildman–Crippen LogP) is 3.76. The molecule has 1 rings (SSSR count). The Morgan fingerprint density at radius 1 is 1.33 bits per heavy atom. The maximum Gasteiger partial charge on any atom is 0.0421 e. The summed E-state index contributed by atoms with van der Waals surface area (Å²) in [6.07, 6.45) is 1.96. The van der Waals surface area contributed by atoms with Crippen LogP contribution in [0.1, 0.15) is 39.3 Å². The van der Waals surface area contributed by atoms with Gasteiger partial charge in [0.2, 0.25) is 0 Å². The topological polar surface area (TPSA) is 15.3 Å². The van der Waals surface area contributed by atoms with Gasteiger partial charge in [-0.3, -0.25) is 0 Å². The van der Waals surface area contributed by atoms with Crippen molar-refractivity contribution in [2.75, 3.05) is 18.5 Å². The Hall–Kier alpha value is -1.28. The maximum atomic E-state index is 3.88. The van der Waals surface area contributed by atoms with Gasteiger partial charge in [0.15, 0.2) is 0 Å². The minimum atomic E-state index is 0.0811. The first-order chi connectivity index (χ1) is 8.41. The van der Waals surface area contributed by atoms with Gasteiger partial charge in [0.05, 0.1) is 0 Å². The van der Waals surface area contributed by atoms with Gasteiger partial charge in [-0.25, -0.2) is 0 Å². The van der Waals surface area contributed by atoms with E-state index in [2.05, 4.69) is 68.8 Å². The Balaban J connectivity index is 3.23. The lowest BCUT2D eigenvalue weighted by atomic mass is 9.99. The fourth-order valence-electron chi connectivity index (χ4n) is 2.12. The molecule has 1 aromatic rings. The summed E-state index contributed by atoms with van der Waals surface area (Å²) in [5.41, 5.74) is 2.70. The number of hydrogen-bond acceptors (Lipinski definition) is 2. The number of hydrogen-bond donors (Lipinski definition) is 1. The van der Waals surface area contributed by atoms with E-state index in [-0.39, 0.29) is 5.54 Å². The van der Waals surface area contributed by atoms with Crippen LogP contribution in [-0.2, 0) is 0 Å². The number of nitrogens with zero attached hydrogens (tertiary/aromatic N) is 1. The Kier molecular flexibility index (Phi) is 4.97. The van der Waals surface area contributed by atoms with Crippen molar-refractivity contribution >= 4 is 5.69 Å². The molecular formula is C16H26N2. The van der Waals surface area contributed by atoms with Gasteiger partial charge in [-0.2, -0.15) is 0 Å². The van der Waals surface area contributed by atoms with E-state index in [1.54, 1.807) is 0 Å². The average molecular weight is 246 g/mol. The molecule has 0 aliphatic rings. The van der Waals surface area contributed by atoms with Crippen LogP contribution in [-0.4, -0.2) is 19.1 Å². The zero-order valence-corrected chi connectivity index (χ0v) is 12.3. The van der Waals surface area contributed by atoms with E-state index in [1.807, 2.05) is 13.1 Å². The Labute approximate surface area is 112 Å². The Bertz CT molecular complexity index is 390. The second-order valence-corrected chi connectivity index (χ2v) is 5.64. The largest absolute Gasteiger partial charge is 0.363 e. The van der Waals surface area contributed by atoms with Crippen LogP contribution in [0.4, 0.5) is 5.69 Å². The highest BCUT2D eigenvalue weighted by molar-refractivity contribution is 5.57. The number of anilines is 1. The number of para-hydroxylation sites is 1. The fourth-order valence-corrected chi connectivity index (χ4v) is 2.12. The summed E-state index contributed by atoms with van der Waals surface area (Å²) in [6, 6.07) is 8.93. The summed E-state index contributed by atoms with van der Waals surface area (Å²) in [7, 11) is 2.00. The average Bonchev–Trinajstić information content (AvgIpc) is 2.33. The van der Waals surface area contributed by atoms with Crippen molar-refractivity contribution in [3.05, 3.63) is 42.5 Å². The third-order valence-corrected chi connectivity index (χ3v) is 3.25. The van der Waals surface area contributed by atoms with E-state index in [9.17, 15) is 0 Å². The molecule has 1 aromatic carbocycles. The second-order valence-electron chi connectivity index (χ2n) is 5.64. The monoisotopic (exact) mass is 246 g/mol. The van der Waals surface area contributed by atoms with E-state index in [1.165, 1.54) is 11.3 Å². The number of benzene rings is 1. The van der Waals surface area contributed by atoms with Crippen molar-refractivity contribution in [1.82, 2.24) is 5.32 Å². The van der Waals surface area contributed by atoms with Crippen molar-refractivity contribution < 1.29 is 0 Å². The van der Waals surface area contributed by atoms with Crippen molar-refractivity contribution in [3.63, 3.8) is 0 Å². The van der Waals surface area contributed by atoms with E-state index in [0.717, 1.165) is 6.54 Å². The zero-order valence-electron chi connectivity index (χ0n) is 12.3. The molecule has 100 valence electrons. The summed E-state index contributed by atoms with van der Waals surface area (Å²) in [6.45, 7) is 13.6. The molecule has 0 heterocycles. The molecule has 1 atom stereocenters. The van der Waals surface area contributed by atoms with E-state index < -0.39 is 0 Å². The normalized spacial score (nSPS) is 13.2. The number of nitrogens with one attached hydrogen (secondary N) is 1. The van der Waals surface area contributed by atoms with Crippen LogP contribution in [0, 0.1) is 0 Å². The molecule has 0 aliphatic heterocycles. The van der Waals surface area contributed by atoms with Crippen LogP contribution in [0.25, 0.3) is 0 Å². The minimum absolute atomic E-state index is 0.0811. The standard InChI is InChI=1S/C16H26N2/c1-7-12-18(16(3,4)5)15-11-9-8-10-14(15)13(2)17-6/h7-11,13,17H,1,12H2,2-6H3. The van der Waals surface area contributed by atoms with Crippen LogP contribution in [0.5, 0.6) is 0 Å². The van der Waals surface area contributed by atoms with Crippen LogP contribution < -0.4 is 10.2 Å². The fraction of sp³-hybridized carbons (Fsp3) is 0.500. The molecule has 0 aromatic heterocycles. The lowest BCUT2D eigenvalue weighted by molar-refractivity contribution is 0.517. The van der Waals surface area contributed by atoms with Crippen molar-refractivity contribution in [2.45, 2.75) is 39.3 Å². The SMILES string of the molecule is C=CCN(c1ccccc1C(C)NC)C(C)(C)C. The molecule has 18 heavy (non-hydrogen) atoms. The van der Waals surface area contributed by atoms with Gasteiger partial charge >= 0.3 is 0 Å². The molecule has 2 heteroatoms. The summed E-state index contributed by atoms with van der Waals surface area (Å²) >= 11 is 0. The van der Waals surface area contributed by atoms with Gasteiger partial charge < -0.3 is 10.2 Å². The Morgan fingerprint density at radius 3 is 2.44 bits per heavy atom. The quantitative estimate of drug-likeness (QED) is 0.796. The molecule has 1 N–H and O–H groups in total. The van der Waals surface area contributed by atoms with Gasteiger partial charge in [0.1, 0.15) is 0 Å². The van der Waals surface area contributed by atoms with Gasteiger partial charge in [-0.15, -0.1) is 6.58 Å². The molecule has 0 spiro atoms. The van der Waals surface area contributed by atoms with Gasteiger partial charge in [0, 0.05) is 23.8 Å². The summed E-state index contributed by atoms with van der Waals surface area (Å²) in [4.78, 5) is 2.39. The van der Waals surface area contributed by atoms with E-state index in [4.69, 9.17) is 0 Å². The third-order valence-electron chi connectivity index (χ3n) is 3.25. The first-order valence-corrected chi connectivity index (χ1v) is 6.56. The second kappa shape index (κ2) is 6.05. The van der Waals surface area contributed by atoms with E-state index in [0.29, 0.717) is 6.04 Å². The highest BCUT2D eigenvalue weighted by Gasteiger charge is 2.23. The molecule has 0 aliphatic carbocycles. The van der Waals surface area contributed by atoms with Crippen LogP contribution in [0.3, 0.4) is 0 Å². The smallest absolute Gasteiger partial charge is 0.0421 e. The lowest BCUT2D eigenvalue weighted by Gasteiger charge is -2.39. The first-order valence-electron chi connectivity index (χ1n) is 6.56. The Morgan fingerprint density at radius 2 is 1.94 bits per heavy atom. The van der Waals surface area contributed by atoms with Crippen LogP contribution in [0.2, 0.25) is 0 Å². The van der Waals surface area contributed by atoms with Crippen LogP contribution >= 0.6 is 0 Å². The molecule has 0 radical (unpaired) electrons. The molecule has 0 saturated heterocycles. The maximum absolute atomic E-state index is 3.88. The van der Waals surface area contributed by atoms with Crippen molar-refractivity contribution in [1.29, 1.82) is 0 Å². The molecular weight excluding hydrogens is 220 g/mol. The molecule has 0 amide bonds. The molecule has 0 fully saturated rings. The van der Waals surface area contributed by atoms with Gasteiger partial charge in [-0.05, 0) is 46.4 Å². The minimum Gasteiger partial charge on any atom is -0.363 e. The highest BCUT2D eigenvalue weighted by Crippen LogP contribution is 2.30. The summed E-state index contributed by atoms with van der Waals surface area (Å²) in [5, 5.41) is 3.32. The van der Waals surface area contributed by atoms with Crippen LogP contribution in [0.15, 0.2) is 36.9 Å². The first kappa shape index (κ1) is 14.8. The van der Waals surface area contributed by atoms with Gasteiger partial charge in [0.25, 0.3) is 0 Å². The lowest BCUT2D eigenvalue weighted by Crippen LogP contribution is -2.42. The number of rotatable bonds is 5. The predicted molar refractivity (Wildman–Crippen MR) is 81.2 cm³/mol. The zero-order chi connectivity index (χ0) is 13.8. The summed E-state index contributed by atoms with van der Waals surface area (Å²) < 4.78 is 0. The molecule has 1 unspecified atom stereocenters. The molecule has 0 saturated carbocycles. The third kappa shape index (κ3) is 3.36. The van der Waals surface area contributed by atoms with E-state index >= 15 is 0 Å².